The molecule has 1 aliphatic heterocycles. The Hall–Kier alpha value is -7.44. The first-order valence-corrected chi connectivity index (χ1v) is 19.7. The fourth-order valence-electron chi connectivity index (χ4n) is 8.34. The Morgan fingerprint density at radius 2 is 1.25 bits per heavy atom. The fourth-order valence-corrected chi connectivity index (χ4v) is 8.34. The Bertz CT molecular complexity index is 3590. The number of hydrogen-bond donors (Lipinski definition) is 0. The summed E-state index contributed by atoms with van der Waals surface area (Å²) in [5, 5.41) is 2.15. The number of ether oxygens (including phenoxy) is 1. The molecular formula is C53H41N5O. The van der Waals surface area contributed by atoms with Crippen LogP contribution in [0.15, 0.2) is 188 Å². The number of anilines is 1. The first kappa shape index (κ1) is 25.7. The number of rotatable bonds is 8. The molecule has 59 heavy (non-hydrogen) atoms. The highest BCUT2D eigenvalue weighted by Gasteiger charge is 2.21. The maximum Gasteiger partial charge on any atom is 0.269 e. The number of imidazole rings is 1. The lowest BCUT2D eigenvalue weighted by molar-refractivity contribution is -0.571. The molecule has 0 radical (unpaired) electrons. The molecule has 0 saturated carbocycles. The second-order valence-corrected chi connectivity index (χ2v) is 14.5. The van der Waals surface area contributed by atoms with Gasteiger partial charge < -0.3 is 9.64 Å². The number of pyridine rings is 1. The van der Waals surface area contributed by atoms with Crippen LogP contribution in [-0.4, -0.2) is 27.2 Å². The summed E-state index contributed by atoms with van der Waals surface area (Å²) in [7, 11) is 0. The number of hydrogen-bond acceptors (Lipinski definition) is 3. The molecule has 4 heterocycles. The molecule has 11 rings (SSSR count). The van der Waals surface area contributed by atoms with Crippen molar-refractivity contribution in [3.63, 3.8) is 0 Å². The Morgan fingerprint density at radius 1 is 0.576 bits per heavy atom. The van der Waals surface area contributed by atoms with Gasteiger partial charge in [-0.3, -0.25) is 13.7 Å². The fraction of sp³-hybridized carbons (Fsp3) is 0.0943. The van der Waals surface area contributed by atoms with Gasteiger partial charge in [0.2, 0.25) is 0 Å². The standard InChI is InChI=1S/C53H41N5O/c1-4-16-38(17-5-1)44-23-15-24-45(39-18-6-2-7-19-39)53(44)57-37-56(49-26-10-11-27-50(49)57)41-20-14-21-42(34-41)59-43-28-29-47-46-22-8-9-25-48(46)58(51(47)36-43)52-35-40(30-31-54-52)55-32-12-3-13-33-55/h1-2,4-11,14-31,34-36H,3,12-13,32-33H2/i1D,2D,4D,5D,6D,7D,16D,17D,18D,19D. The van der Waals surface area contributed by atoms with Gasteiger partial charge in [-0.15, -0.1) is 0 Å². The van der Waals surface area contributed by atoms with E-state index in [0.29, 0.717) is 28.2 Å². The van der Waals surface area contributed by atoms with Crippen LogP contribution >= 0.6 is 0 Å². The molecule has 3 aromatic heterocycles. The summed E-state index contributed by atoms with van der Waals surface area (Å²) in [5.41, 5.74) is 5.24. The van der Waals surface area contributed by atoms with Gasteiger partial charge in [0, 0.05) is 47.9 Å². The summed E-state index contributed by atoms with van der Waals surface area (Å²) in [6.07, 6.45) is 8.90. The molecule has 6 nitrogen and oxygen atoms in total. The Balaban J connectivity index is 1.06. The summed E-state index contributed by atoms with van der Waals surface area (Å²) in [5.74, 6) is 1.94. The van der Waals surface area contributed by atoms with E-state index in [1.165, 1.54) is 19.3 Å². The van der Waals surface area contributed by atoms with Gasteiger partial charge in [0.1, 0.15) is 17.3 Å². The zero-order valence-corrected chi connectivity index (χ0v) is 31.8. The van der Waals surface area contributed by atoms with E-state index >= 15 is 0 Å². The molecule has 1 fully saturated rings. The van der Waals surface area contributed by atoms with Gasteiger partial charge in [0.15, 0.2) is 0 Å². The average molecular weight is 774 g/mol. The third-order valence-electron chi connectivity index (χ3n) is 11.0. The SMILES string of the molecule is [2H]c1c([2H])c([2H])c(-c2cccc(-c3c([2H])c([2H])c([2H])c([2H])c3[2H])c2-[n+]2[c-]n(-c3cccc(Oc4ccc5c6ccccc6n(-c6cc(N7CCCCC7)ccn6)c5c4)c3)c3ccccc32)c([2H])c1[2H]. The van der Waals surface area contributed by atoms with Crippen molar-refractivity contribution < 1.29 is 23.0 Å². The monoisotopic (exact) mass is 773 g/mol. The van der Waals surface area contributed by atoms with Gasteiger partial charge in [0.25, 0.3) is 6.33 Å². The van der Waals surface area contributed by atoms with Crippen molar-refractivity contribution in [1.82, 2.24) is 14.1 Å². The lowest BCUT2D eigenvalue weighted by Gasteiger charge is -2.29. The van der Waals surface area contributed by atoms with Crippen molar-refractivity contribution in [2.45, 2.75) is 19.3 Å². The van der Waals surface area contributed by atoms with Gasteiger partial charge >= 0.3 is 0 Å². The van der Waals surface area contributed by atoms with Crippen molar-refractivity contribution in [2.75, 3.05) is 18.0 Å². The molecule has 0 amide bonds. The predicted molar refractivity (Wildman–Crippen MR) is 239 cm³/mol. The van der Waals surface area contributed by atoms with E-state index in [1.54, 1.807) is 27.3 Å². The first-order chi connectivity index (χ1) is 33.4. The van der Waals surface area contributed by atoms with E-state index in [2.05, 4.69) is 46.1 Å². The number of piperidine rings is 1. The van der Waals surface area contributed by atoms with Gasteiger partial charge in [-0.2, -0.15) is 0 Å². The molecule has 284 valence electrons. The molecule has 0 aliphatic carbocycles. The number of nitrogens with zero attached hydrogens (tertiary/aromatic N) is 5. The molecular weight excluding hydrogens is 723 g/mol. The minimum absolute atomic E-state index is 0.125. The molecule has 0 unspecified atom stereocenters. The van der Waals surface area contributed by atoms with E-state index in [-0.39, 0.29) is 27.9 Å². The van der Waals surface area contributed by atoms with Crippen molar-refractivity contribution in [1.29, 1.82) is 0 Å². The third kappa shape index (κ3) is 6.30. The van der Waals surface area contributed by atoms with Gasteiger partial charge in [-0.05, 0) is 84.0 Å². The highest BCUT2D eigenvalue weighted by atomic mass is 16.5. The molecule has 6 heteroatoms. The minimum Gasteiger partial charge on any atom is -0.458 e. The summed E-state index contributed by atoms with van der Waals surface area (Å²) < 4.78 is 99.2. The molecule has 10 aromatic rings. The van der Waals surface area contributed by atoms with Crippen molar-refractivity contribution in [3.05, 3.63) is 194 Å². The molecule has 0 N–H and O–H groups in total. The number of para-hydroxylation sites is 4. The van der Waals surface area contributed by atoms with Gasteiger partial charge in [-0.1, -0.05) is 127 Å². The van der Waals surface area contributed by atoms with Crippen LogP contribution in [0.3, 0.4) is 0 Å². The van der Waals surface area contributed by atoms with E-state index in [4.69, 9.17) is 23.4 Å². The highest BCUT2D eigenvalue weighted by Crippen LogP contribution is 2.37. The van der Waals surface area contributed by atoms with Crippen LogP contribution in [0.1, 0.15) is 33.0 Å². The van der Waals surface area contributed by atoms with Crippen molar-refractivity contribution in [2.24, 2.45) is 0 Å². The van der Waals surface area contributed by atoms with E-state index in [0.717, 1.165) is 46.4 Å². The van der Waals surface area contributed by atoms with Crippen LogP contribution in [-0.2, 0) is 0 Å². The largest absolute Gasteiger partial charge is 0.458 e. The smallest absolute Gasteiger partial charge is 0.269 e. The molecule has 1 saturated heterocycles. The predicted octanol–water partition coefficient (Wildman–Crippen LogP) is 12.3. The molecule has 0 bridgehead atoms. The van der Waals surface area contributed by atoms with E-state index in [1.807, 2.05) is 79.0 Å². The van der Waals surface area contributed by atoms with Crippen molar-refractivity contribution >= 4 is 38.5 Å². The quantitative estimate of drug-likeness (QED) is 0.114. The number of fused-ring (bicyclic) bond motifs is 4. The zero-order valence-electron chi connectivity index (χ0n) is 41.8. The van der Waals surface area contributed by atoms with Gasteiger partial charge in [-0.25, -0.2) is 4.98 Å². The Labute approximate surface area is 357 Å². The molecule has 0 atom stereocenters. The van der Waals surface area contributed by atoms with E-state index in [9.17, 15) is 0 Å². The summed E-state index contributed by atoms with van der Waals surface area (Å²) in [6, 6.07) is 33.1. The second-order valence-electron chi connectivity index (χ2n) is 14.5. The van der Waals surface area contributed by atoms with Crippen LogP contribution in [0.5, 0.6) is 11.5 Å². The van der Waals surface area contributed by atoms with Crippen LogP contribution in [0.4, 0.5) is 5.69 Å². The van der Waals surface area contributed by atoms with Crippen molar-refractivity contribution in [3.8, 4) is 50.9 Å². The zero-order chi connectivity index (χ0) is 47.8. The molecule has 7 aromatic carbocycles. The summed E-state index contributed by atoms with van der Waals surface area (Å²) in [6.45, 7) is 2.03. The summed E-state index contributed by atoms with van der Waals surface area (Å²) in [4.78, 5) is 7.30. The second kappa shape index (κ2) is 14.8. The lowest BCUT2D eigenvalue weighted by atomic mass is 9.95. The van der Waals surface area contributed by atoms with Crippen LogP contribution in [0, 0.1) is 6.33 Å². The number of benzene rings is 7. The average Bonchev–Trinajstić information content (AvgIpc) is 3.93. The Morgan fingerprint density at radius 3 is 2.03 bits per heavy atom. The number of aromatic nitrogens is 4. The molecule has 1 aliphatic rings. The minimum atomic E-state index is -0.563. The maximum atomic E-state index is 9.01. The highest BCUT2D eigenvalue weighted by molar-refractivity contribution is 6.09. The third-order valence-corrected chi connectivity index (χ3v) is 11.0. The summed E-state index contributed by atoms with van der Waals surface area (Å²) >= 11 is 0. The first-order valence-electron chi connectivity index (χ1n) is 24.7. The normalized spacial score (nSPS) is 15.4. The Kier molecular flexibility index (Phi) is 6.46. The lowest BCUT2D eigenvalue weighted by Crippen LogP contribution is -2.31. The van der Waals surface area contributed by atoms with Gasteiger partial charge in [0.05, 0.1) is 47.1 Å². The van der Waals surface area contributed by atoms with E-state index < -0.39 is 60.4 Å². The maximum absolute atomic E-state index is 9.01. The molecule has 0 spiro atoms. The van der Waals surface area contributed by atoms with Crippen LogP contribution < -0.4 is 14.2 Å². The topological polar surface area (TPSA) is 39.1 Å². The van der Waals surface area contributed by atoms with Crippen LogP contribution in [0.2, 0.25) is 0 Å². The van der Waals surface area contributed by atoms with Crippen LogP contribution in [0.25, 0.3) is 72.3 Å².